The monoisotopic (exact) mass is 303 g/mol. The summed E-state index contributed by atoms with van der Waals surface area (Å²) in [7, 11) is 0. The molecule has 2 N–H and O–H groups in total. The molecule has 6 nitrogen and oxygen atoms in total. The minimum atomic E-state index is -0.553. The minimum absolute atomic E-state index is 0.109. The SMILES string of the molecule is CC(C)(C)OC(=O)NCc1ncc(Br)c(=O)[nH]1. The van der Waals surface area contributed by atoms with E-state index < -0.39 is 11.7 Å². The number of amides is 1. The lowest BCUT2D eigenvalue weighted by atomic mass is 10.2. The number of carbonyl (C=O) groups is 1. The summed E-state index contributed by atoms with van der Waals surface area (Å²) >= 11 is 3.03. The van der Waals surface area contributed by atoms with Gasteiger partial charge in [-0.05, 0) is 36.7 Å². The van der Waals surface area contributed by atoms with Crippen LogP contribution in [0.15, 0.2) is 15.5 Å². The maximum absolute atomic E-state index is 11.3. The van der Waals surface area contributed by atoms with Gasteiger partial charge in [-0.1, -0.05) is 0 Å². The number of aromatic amines is 1. The van der Waals surface area contributed by atoms with Crippen molar-refractivity contribution in [3.05, 3.63) is 26.8 Å². The molecule has 0 fully saturated rings. The average molecular weight is 304 g/mol. The fraction of sp³-hybridized carbons (Fsp3) is 0.500. The van der Waals surface area contributed by atoms with Crippen LogP contribution in [0.3, 0.4) is 0 Å². The number of rotatable bonds is 2. The molecule has 1 heterocycles. The zero-order chi connectivity index (χ0) is 13.1. The van der Waals surface area contributed by atoms with Gasteiger partial charge in [-0.2, -0.15) is 0 Å². The van der Waals surface area contributed by atoms with Crippen LogP contribution < -0.4 is 10.9 Å². The minimum Gasteiger partial charge on any atom is -0.444 e. The van der Waals surface area contributed by atoms with E-state index in [1.54, 1.807) is 20.8 Å². The van der Waals surface area contributed by atoms with Gasteiger partial charge < -0.3 is 15.0 Å². The van der Waals surface area contributed by atoms with Gasteiger partial charge >= 0.3 is 6.09 Å². The van der Waals surface area contributed by atoms with E-state index in [9.17, 15) is 9.59 Å². The van der Waals surface area contributed by atoms with Crippen LogP contribution in [-0.2, 0) is 11.3 Å². The van der Waals surface area contributed by atoms with E-state index in [1.807, 2.05) is 0 Å². The molecule has 94 valence electrons. The van der Waals surface area contributed by atoms with E-state index in [-0.39, 0.29) is 12.1 Å². The highest BCUT2D eigenvalue weighted by atomic mass is 79.9. The maximum Gasteiger partial charge on any atom is 0.408 e. The second-order valence-electron chi connectivity index (χ2n) is 4.36. The van der Waals surface area contributed by atoms with E-state index in [0.29, 0.717) is 10.3 Å². The van der Waals surface area contributed by atoms with E-state index in [0.717, 1.165) is 0 Å². The third-order valence-corrected chi connectivity index (χ3v) is 2.17. The first-order valence-corrected chi connectivity index (χ1v) is 5.78. The van der Waals surface area contributed by atoms with Gasteiger partial charge in [0.1, 0.15) is 15.9 Å². The molecule has 0 unspecified atom stereocenters. The molecule has 0 atom stereocenters. The third kappa shape index (κ3) is 4.99. The predicted octanol–water partition coefficient (Wildman–Crippen LogP) is 1.56. The molecular formula is C10H14BrN3O3. The molecule has 0 aliphatic carbocycles. The third-order valence-electron chi connectivity index (χ3n) is 1.61. The van der Waals surface area contributed by atoms with E-state index in [2.05, 4.69) is 31.2 Å². The molecule has 0 bridgehead atoms. The molecule has 0 aromatic carbocycles. The van der Waals surface area contributed by atoms with Crippen LogP contribution in [0.4, 0.5) is 4.79 Å². The highest BCUT2D eigenvalue weighted by Gasteiger charge is 2.15. The number of ether oxygens (including phenoxy) is 1. The second kappa shape index (κ2) is 5.31. The van der Waals surface area contributed by atoms with Crippen LogP contribution in [0, 0.1) is 0 Å². The zero-order valence-electron chi connectivity index (χ0n) is 9.83. The zero-order valence-corrected chi connectivity index (χ0v) is 11.4. The van der Waals surface area contributed by atoms with Crippen molar-refractivity contribution in [2.45, 2.75) is 32.9 Å². The lowest BCUT2D eigenvalue weighted by molar-refractivity contribution is 0.0522. The quantitative estimate of drug-likeness (QED) is 0.868. The Morgan fingerprint density at radius 2 is 2.24 bits per heavy atom. The first-order valence-electron chi connectivity index (χ1n) is 4.98. The van der Waals surface area contributed by atoms with E-state index in [1.165, 1.54) is 6.20 Å². The number of H-pyrrole nitrogens is 1. The molecule has 0 aliphatic heterocycles. The molecule has 1 aromatic heterocycles. The molecule has 0 saturated carbocycles. The van der Waals surface area contributed by atoms with Gasteiger partial charge in [0.05, 0.1) is 6.54 Å². The van der Waals surface area contributed by atoms with Gasteiger partial charge in [0, 0.05) is 6.20 Å². The molecule has 0 saturated heterocycles. The summed E-state index contributed by atoms with van der Waals surface area (Å²) < 4.78 is 5.38. The van der Waals surface area contributed by atoms with E-state index in [4.69, 9.17) is 4.74 Å². The topological polar surface area (TPSA) is 84.1 Å². The van der Waals surface area contributed by atoms with Crippen molar-refractivity contribution < 1.29 is 9.53 Å². The van der Waals surface area contributed by atoms with Crippen LogP contribution in [0.25, 0.3) is 0 Å². The van der Waals surface area contributed by atoms with Crippen LogP contribution in [0.1, 0.15) is 26.6 Å². The number of alkyl carbamates (subject to hydrolysis) is 1. The summed E-state index contributed by atoms with van der Waals surface area (Å²) in [5, 5.41) is 2.49. The summed E-state index contributed by atoms with van der Waals surface area (Å²) in [6.07, 6.45) is 0.827. The Labute approximate surface area is 107 Å². The second-order valence-corrected chi connectivity index (χ2v) is 5.22. The smallest absolute Gasteiger partial charge is 0.408 e. The summed E-state index contributed by atoms with van der Waals surface area (Å²) in [4.78, 5) is 29.0. The van der Waals surface area contributed by atoms with E-state index >= 15 is 0 Å². The van der Waals surface area contributed by atoms with Crippen LogP contribution >= 0.6 is 15.9 Å². The molecular weight excluding hydrogens is 290 g/mol. The average Bonchev–Trinajstić information content (AvgIpc) is 2.17. The van der Waals surface area contributed by atoms with Gasteiger partial charge in [0.15, 0.2) is 0 Å². The summed E-state index contributed by atoms with van der Waals surface area (Å²) in [5.74, 6) is 0.365. The lowest BCUT2D eigenvalue weighted by Crippen LogP contribution is -2.33. The van der Waals surface area contributed by atoms with Crippen molar-refractivity contribution in [1.29, 1.82) is 0 Å². The summed E-state index contributed by atoms with van der Waals surface area (Å²) in [6.45, 7) is 5.42. The molecule has 0 radical (unpaired) electrons. The number of hydrogen-bond donors (Lipinski definition) is 2. The van der Waals surface area contributed by atoms with Crippen molar-refractivity contribution in [3.63, 3.8) is 0 Å². The Hall–Kier alpha value is -1.37. The highest BCUT2D eigenvalue weighted by molar-refractivity contribution is 9.10. The molecule has 1 rings (SSSR count). The predicted molar refractivity (Wildman–Crippen MR) is 65.6 cm³/mol. The number of halogens is 1. The number of hydrogen-bond acceptors (Lipinski definition) is 4. The molecule has 17 heavy (non-hydrogen) atoms. The first-order chi connectivity index (χ1) is 7.78. The van der Waals surface area contributed by atoms with Gasteiger partial charge in [-0.3, -0.25) is 4.79 Å². The number of nitrogens with zero attached hydrogens (tertiary/aromatic N) is 1. The van der Waals surface area contributed by atoms with Gasteiger partial charge in [0.2, 0.25) is 0 Å². The molecule has 0 spiro atoms. The van der Waals surface area contributed by atoms with Gasteiger partial charge in [-0.15, -0.1) is 0 Å². The van der Waals surface area contributed by atoms with Gasteiger partial charge in [-0.25, -0.2) is 9.78 Å². The fourth-order valence-electron chi connectivity index (χ4n) is 0.976. The van der Waals surface area contributed by atoms with Gasteiger partial charge in [0.25, 0.3) is 5.56 Å². The van der Waals surface area contributed by atoms with Crippen LogP contribution in [0.2, 0.25) is 0 Å². The number of aromatic nitrogens is 2. The Balaban J connectivity index is 2.53. The van der Waals surface area contributed by atoms with Crippen molar-refractivity contribution in [1.82, 2.24) is 15.3 Å². The Bertz CT molecular complexity index is 465. The first kappa shape index (κ1) is 13.7. The molecule has 1 aromatic rings. The van der Waals surface area contributed by atoms with Crippen molar-refractivity contribution in [3.8, 4) is 0 Å². The summed E-state index contributed by atoms with van der Waals surface area (Å²) in [5.41, 5.74) is -0.842. The number of carbonyl (C=O) groups excluding carboxylic acids is 1. The Kier molecular flexibility index (Phi) is 4.28. The van der Waals surface area contributed by atoms with Crippen molar-refractivity contribution >= 4 is 22.0 Å². The molecule has 7 heteroatoms. The van der Waals surface area contributed by atoms with Crippen LogP contribution in [0.5, 0.6) is 0 Å². The Morgan fingerprint density at radius 3 is 2.76 bits per heavy atom. The van der Waals surface area contributed by atoms with Crippen molar-refractivity contribution in [2.75, 3.05) is 0 Å². The fourth-order valence-corrected chi connectivity index (χ4v) is 1.18. The van der Waals surface area contributed by atoms with Crippen molar-refractivity contribution in [2.24, 2.45) is 0 Å². The largest absolute Gasteiger partial charge is 0.444 e. The number of nitrogens with one attached hydrogen (secondary N) is 2. The molecule has 1 amide bonds. The lowest BCUT2D eigenvalue weighted by Gasteiger charge is -2.19. The Morgan fingerprint density at radius 1 is 1.59 bits per heavy atom. The normalized spacial score (nSPS) is 11.1. The molecule has 0 aliphatic rings. The highest BCUT2D eigenvalue weighted by Crippen LogP contribution is 2.06. The summed E-state index contributed by atoms with van der Waals surface area (Å²) in [6, 6.07) is 0. The standard InChI is InChI=1S/C10H14BrN3O3/c1-10(2,3)17-9(16)13-5-7-12-4-6(11)8(15)14-7/h4H,5H2,1-3H3,(H,13,16)(H,12,14,15). The van der Waals surface area contributed by atoms with Crippen LogP contribution in [-0.4, -0.2) is 21.7 Å². The maximum atomic E-state index is 11.3.